The molecule has 0 saturated carbocycles. The molecule has 0 unspecified atom stereocenters. The molecule has 2 rings (SSSR count). The van der Waals surface area contributed by atoms with Gasteiger partial charge in [0.15, 0.2) is 0 Å². The minimum absolute atomic E-state index is 0.336. The third-order valence-electron chi connectivity index (χ3n) is 2.98. The summed E-state index contributed by atoms with van der Waals surface area (Å²) in [6.07, 6.45) is -3.92. The maximum atomic E-state index is 12.8. The largest absolute Gasteiger partial charge is 0.417 e. The van der Waals surface area contributed by atoms with Crippen molar-refractivity contribution in [3.05, 3.63) is 69.8 Å². The maximum absolute atomic E-state index is 12.8. The van der Waals surface area contributed by atoms with E-state index in [1.165, 1.54) is 12.1 Å². The van der Waals surface area contributed by atoms with Crippen molar-refractivity contribution >= 4 is 21.9 Å². The number of benzene rings is 2. The Morgan fingerprint density at radius 2 is 1.80 bits per heavy atom. The first-order valence-electron chi connectivity index (χ1n) is 6.57. The van der Waals surface area contributed by atoms with Gasteiger partial charge < -0.3 is 0 Å². The molecule has 0 spiro atoms. The van der Waals surface area contributed by atoms with E-state index in [0.717, 1.165) is 36.4 Å². The van der Waals surface area contributed by atoms with Crippen LogP contribution in [0.4, 0.5) is 18.9 Å². The van der Waals surface area contributed by atoms with Crippen LogP contribution in [0.1, 0.15) is 11.1 Å². The molecule has 0 aliphatic heterocycles. The molecule has 1 N–H and O–H groups in total. The van der Waals surface area contributed by atoms with Crippen molar-refractivity contribution in [3.8, 4) is 0 Å². The molecule has 2 aromatic carbocycles. The Labute approximate surface area is 140 Å². The van der Waals surface area contributed by atoms with Gasteiger partial charge in [0, 0.05) is 17.7 Å². The number of sulfonamides is 1. The lowest BCUT2D eigenvalue weighted by molar-refractivity contribution is -0.385. The molecule has 7 nitrogen and oxygen atoms in total. The number of hydrogen-bond acceptors (Lipinski definition) is 5. The van der Waals surface area contributed by atoms with E-state index in [4.69, 9.17) is 0 Å². The van der Waals surface area contributed by atoms with Crippen molar-refractivity contribution in [2.45, 2.75) is 11.1 Å². The molecule has 25 heavy (non-hydrogen) atoms. The van der Waals surface area contributed by atoms with Crippen molar-refractivity contribution in [2.75, 3.05) is 0 Å². The molecule has 0 aromatic heterocycles. The highest BCUT2D eigenvalue weighted by molar-refractivity contribution is 7.89. The van der Waals surface area contributed by atoms with Gasteiger partial charge in [-0.1, -0.05) is 24.3 Å². The van der Waals surface area contributed by atoms with Crippen LogP contribution < -0.4 is 4.83 Å². The van der Waals surface area contributed by atoms with Crippen LogP contribution in [0.25, 0.3) is 0 Å². The predicted molar refractivity (Wildman–Crippen MR) is 82.5 cm³/mol. The number of rotatable bonds is 5. The van der Waals surface area contributed by atoms with E-state index in [9.17, 15) is 31.7 Å². The second-order valence-electron chi connectivity index (χ2n) is 4.69. The van der Waals surface area contributed by atoms with Gasteiger partial charge in [-0.25, -0.2) is 4.83 Å². The fourth-order valence-corrected chi connectivity index (χ4v) is 2.68. The minimum Gasteiger partial charge on any atom is -0.258 e. The zero-order valence-corrected chi connectivity index (χ0v) is 13.1. The lowest BCUT2D eigenvalue weighted by Gasteiger charge is -2.09. The van der Waals surface area contributed by atoms with Crippen LogP contribution in [-0.4, -0.2) is 19.6 Å². The van der Waals surface area contributed by atoms with Gasteiger partial charge in [0.2, 0.25) is 0 Å². The second-order valence-corrected chi connectivity index (χ2v) is 6.35. The van der Waals surface area contributed by atoms with Gasteiger partial charge in [-0.05, 0) is 12.1 Å². The number of nitro benzene ring substituents is 1. The van der Waals surface area contributed by atoms with Gasteiger partial charge in [-0.3, -0.25) is 10.1 Å². The molecule has 0 bridgehead atoms. The number of halogens is 3. The Bertz CT molecular complexity index is 927. The summed E-state index contributed by atoms with van der Waals surface area (Å²) in [6.45, 7) is 0. The first kappa shape index (κ1) is 18.4. The van der Waals surface area contributed by atoms with Crippen LogP contribution in [0.15, 0.2) is 58.5 Å². The molecule has 0 heterocycles. The van der Waals surface area contributed by atoms with E-state index in [-0.39, 0.29) is 5.56 Å². The fourth-order valence-electron chi connectivity index (χ4n) is 1.85. The number of hydrogen-bond donors (Lipinski definition) is 1. The number of nitro groups is 1. The summed E-state index contributed by atoms with van der Waals surface area (Å²) < 4.78 is 62.5. The van der Waals surface area contributed by atoms with Crippen molar-refractivity contribution in [1.82, 2.24) is 4.83 Å². The minimum atomic E-state index is -4.62. The molecular weight excluding hydrogens is 363 g/mol. The summed E-state index contributed by atoms with van der Waals surface area (Å²) >= 11 is 0. The summed E-state index contributed by atoms with van der Waals surface area (Å²) in [5.41, 5.74) is -1.76. The van der Waals surface area contributed by atoms with Gasteiger partial charge in [0.05, 0.1) is 21.6 Å². The topological polar surface area (TPSA) is 102 Å². The predicted octanol–water partition coefficient (Wildman–Crippen LogP) is 2.93. The summed E-state index contributed by atoms with van der Waals surface area (Å²) in [5, 5.41) is 14.0. The van der Waals surface area contributed by atoms with E-state index in [0.29, 0.717) is 6.21 Å². The maximum Gasteiger partial charge on any atom is 0.417 e. The van der Waals surface area contributed by atoms with Crippen LogP contribution in [0.3, 0.4) is 0 Å². The highest BCUT2D eigenvalue weighted by Gasteiger charge is 2.32. The Balaban J connectivity index is 2.25. The molecule has 0 fully saturated rings. The van der Waals surface area contributed by atoms with Crippen molar-refractivity contribution in [3.63, 3.8) is 0 Å². The number of nitrogens with zero attached hydrogens (tertiary/aromatic N) is 2. The van der Waals surface area contributed by atoms with E-state index >= 15 is 0 Å². The Morgan fingerprint density at radius 1 is 1.12 bits per heavy atom. The lowest BCUT2D eigenvalue weighted by atomic mass is 10.1. The highest BCUT2D eigenvalue weighted by Crippen LogP contribution is 2.31. The van der Waals surface area contributed by atoms with Crippen molar-refractivity contribution < 1.29 is 26.5 Å². The zero-order chi connectivity index (χ0) is 18.7. The normalized spacial score (nSPS) is 12.3. The summed E-state index contributed by atoms with van der Waals surface area (Å²) in [6, 6.07) is 8.64. The summed E-state index contributed by atoms with van der Waals surface area (Å²) in [5.74, 6) is 0. The van der Waals surface area contributed by atoms with Gasteiger partial charge in [0.25, 0.3) is 15.7 Å². The standard InChI is InChI=1S/C14H10F3N3O4S/c15-14(16,17)13-7-2-1-4-10(13)9-18-19-25(23,24)12-6-3-5-11(8-12)20(21)22/h1-9,19H/b18-9+. The Hall–Kier alpha value is -2.95. The van der Waals surface area contributed by atoms with E-state index in [1.807, 2.05) is 0 Å². The van der Waals surface area contributed by atoms with Crippen LogP contribution >= 0.6 is 0 Å². The van der Waals surface area contributed by atoms with Crippen LogP contribution in [0.2, 0.25) is 0 Å². The van der Waals surface area contributed by atoms with E-state index in [1.54, 1.807) is 4.83 Å². The second kappa shape index (κ2) is 6.89. The molecule has 11 heteroatoms. The first-order valence-corrected chi connectivity index (χ1v) is 8.05. The quantitative estimate of drug-likeness (QED) is 0.495. The smallest absolute Gasteiger partial charge is 0.258 e. The highest BCUT2D eigenvalue weighted by atomic mass is 32.2. The summed E-state index contributed by atoms with van der Waals surface area (Å²) in [7, 11) is -4.27. The monoisotopic (exact) mass is 373 g/mol. The molecule has 132 valence electrons. The van der Waals surface area contributed by atoms with Crippen LogP contribution in [-0.2, 0) is 16.2 Å². The number of nitrogens with one attached hydrogen (secondary N) is 1. The molecular formula is C14H10F3N3O4S. The molecule has 0 radical (unpaired) electrons. The number of alkyl halides is 3. The zero-order valence-electron chi connectivity index (χ0n) is 12.3. The van der Waals surface area contributed by atoms with Crippen LogP contribution in [0, 0.1) is 10.1 Å². The Morgan fingerprint density at radius 3 is 2.44 bits per heavy atom. The van der Waals surface area contributed by atoms with Gasteiger partial charge in [-0.15, -0.1) is 0 Å². The van der Waals surface area contributed by atoms with Gasteiger partial charge in [0.1, 0.15) is 0 Å². The molecule has 0 aliphatic rings. The fraction of sp³-hybridized carbons (Fsp3) is 0.0714. The molecule has 0 aliphatic carbocycles. The van der Waals surface area contributed by atoms with Crippen molar-refractivity contribution in [1.29, 1.82) is 0 Å². The van der Waals surface area contributed by atoms with Gasteiger partial charge in [-0.2, -0.15) is 26.7 Å². The third kappa shape index (κ3) is 4.53. The third-order valence-corrected chi connectivity index (χ3v) is 4.20. The lowest BCUT2D eigenvalue weighted by Crippen LogP contribution is -2.19. The van der Waals surface area contributed by atoms with E-state index < -0.39 is 37.3 Å². The molecule has 0 amide bonds. The first-order chi connectivity index (χ1) is 11.6. The molecule has 2 aromatic rings. The summed E-state index contributed by atoms with van der Waals surface area (Å²) in [4.78, 5) is 11.2. The van der Waals surface area contributed by atoms with Crippen LogP contribution in [0.5, 0.6) is 0 Å². The number of non-ortho nitro benzene ring substituents is 1. The molecule has 0 atom stereocenters. The van der Waals surface area contributed by atoms with Gasteiger partial charge >= 0.3 is 6.18 Å². The number of hydrazone groups is 1. The SMILES string of the molecule is O=[N+]([O-])c1cccc(S(=O)(=O)N/N=C/c2ccccc2C(F)(F)F)c1. The average Bonchev–Trinajstić information content (AvgIpc) is 2.54. The van der Waals surface area contributed by atoms with Crippen molar-refractivity contribution in [2.24, 2.45) is 5.10 Å². The van der Waals surface area contributed by atoms with E-state index in [2.05, 4.69) is 5.10 Å². The Kier molecular flexibility index (Phi) is 5.07. The molecule has 0 saturated heterocycles. The average molecular weight is 373 g/mol.